The minimum atomic E-state index is -0.833. The highest BCUT2D eigenvalue weighted by molar-refractivity contribution is 5.90. The van der Waals surface area contributed by atoms with Gasteiger partial charge >= 0.3 is 5.97 Å². The lowest BCUT2D eigenvalue weighted by Crippen LogP contribution is -2.40. The van der Waals surface area contributed by atoms with Gasteiger partial charge in [-0.2, -0.15) is 0 Å². The number of aliphatic carboxylic acids is 1. The van der Waals surface area contributed by atoms with Gasteiger partial charge in [-0.25, -0.2) is 0 Å². The molecule has 6 heteroatoms. The van der Waals surface area contributed by atoms with Gasteiger partial charge in [0, 0.05) is 32.1 Å². The number of carbonyl (C=O) groups is 3. The Bertz CT molecular complexity index is 499. The Labute approximate surface area is 136 Å². The van der Waals surface area contributed by atoms with Crippen LogP contribution in [-0.4, -0.2) is 58.4 Å². The SMILES string of the molecule is CC1CCC(N2C[C@@H](C(=O)N3CC[C@@H](C(=O)O)C3)CC2=O)CC1. The molecule has 1 aliphatic carbocycles. The van der Waals surface area contributed by atoms with Crippen LogP contribution in [0.3, 0.4) is 0 Å². The van der Waals surface area contributed by atoms with Crippen LogP contribution >= 0.6 is 0 Å². The number of hydrogen-bond acceptors (Lipinski definition) is 3. The van der Waals surface area contributed by atoms with Crippen LogP contribution in [-0.2, 0) is 14.4 Å². The van der Waals surface area contributed by atoms with E-state index in [9.17, 15) is 14.4 Å². The van der Waals surface area contributed by atoms with Crippen LogP contribution in [0.1, 0.15) is 45.4 Å². The Morgan fingerprint density at radius 3 is 2.35 bits per heavy atom. The highest BCUT2D eigenvalue weighted by Gasteiger charge is 2.42. The van der Waals surface area contributed by atoms with E-state index >= 15 is 0 Å². The molecule has 1 saturated carbocycles. The Morgan fingerprint density at radius 2 is 1.74 bits per heavy atom. The van der Waals surface area contributed by atoms with E-state index in [1.807, 2.05) is 4.90 Å². The number of hydrogen-bond donors (Lipinski definition) is 1. The van der Waals surface area contributed by atoms with E-state index in [2.05, 4.69) is 6.92 Å². The third-order valence-electron chi connectivity index (χ3n) is 5.78. The lowest BCUT2D eigenvalue weighted by atomic mass is 9.86. The van der Waals surface area contributed by atoms with E-state index < -0.39 is 11.9 Å². The number of carboxylic acids is 1. The molecule has 2 heterocycles. The van der Waals surface area contributed by atoms with Gasteiger partial charge in [-0.15, -0.1) is 0 Å². The summed E-state index contributed by atoms with van der Waals surface area (Å²) in [7, 11) is 0. The van der Waals surface area contributed by atoms with E-state index in [1.165, 1.54) is 0 Å². The Hall–Kier alpha value is -1.59. The summed E-state index contributed by atoms with van der Waals surface area (Å²) in [5.74, 6) is -0.772. The fourth-order valence-corrected chi connectivity index (χ4v) is 4.22. The van der Waals surface area contributed by atoms with Gasteiger partial charge in [0.1, 0.15) is 0 Å². The van der Waals surface area contributed by atoms with Gasteiger partial charge in [-0.1, -0.05) is 6.92 Å². The van der Waals surface area contributed by atoms with E-state index in [0.29, 0.717) is 38.5 Å². The van der Waals surface area contributed by atoms with Gasteiger partial charge in [0.2, 0.25) is 11.8 Å². The first kappa shape index (κ1) is 16.3. The van der Waals surface area contributed by atoms with Crippen molar-refractivity contribution >= 4 is 17.8 Å². The van der Waals surface area contributed by atoms with Crippen molar-refractivity contribution in [1.82, 2.24) is 9.80 Å². The van der Waals surface area contributed by atoms with E-state index in [0.717, 1.165) is 31.6 Å². The molecule has 6 nitrogen and oxygen atoms in total. The van der Waals surface area contributed by atoms with Crippen LogP contribution in [0.5, 0.6) is 0 Å². The molecule has 0 spiro atoms. The normalized spacial score (nSPS) is 34.9. The van der Waals surface area contributed by atoms with E-state index in [1.54, 1.807) is 4.90 Å². The first-order valence-corrected chi connectivity index (χ1v) is 8.76. The van der Waals surface area contributed by atoms with Crippen molar-refractivity contribution in [2.24, 2.45) is 17.8 Å². The topological polar surface area (TPSA) is 77.9 Å². The Kier molecular flexibility index (Phi) is 4.60. The van der Waals surface area contributed by atoms with E-state index in [4.69, 9.17) is 5.11 Å². The molecule has 2 amide bonds. The molecule has 0 unspecified atom stereocenters. The highest BCUT2D eigenvalue weighted by Crippen LogP contribution is 2.32. The van der Waals surface area contributed by atoms with Gasteiger partial charge in [0.05, 0.1) is 11.8 Å². The van der Waals surface area contributed by atoms with Gasteiger partial charge in [-0.3, -0.25) is 14.4 Å². The third-order valence-corrected chi connectivity index (χ3v) is 5.78. The van der Waals surface area contributed by atoms with Gasteiger partial charge in [0.15, 0.2) is 0 Å². The smallest absolute Gasteiger partial charge is 0.308 e. The fraction of sp³-hybridized carbons (Fsp3) is 0.824. The standard InChI is InChI=1S/C17H26N2O4/c1-11-2-4-14(5-3-11)19-10-13(8-15(19)20)16(21)18-7-6-12(9-18)17(22)23/h11-14H,2-10H2,1H3,(H,22,23)/t11?,12-,13+,14?/m1/s1. The summed E-state index contributed by atoms with van der Waals surface area (Å²) >= 11 is 0. The average Bonchev–Trinajstić information content (AvgIpc) is 3.14. The number of likely N-dealkylation sites (tertiary alicyclic amines) is 2. The van der Waals surface area contributed by atoms with Crippen LogP contribution < -0.4 is 0 Å². The summed E-state index contributed by atoms with van der Waals surface area (Å²) in [6, 6.07) is 0.293. The van der Waals surface area contributed by atoms with Crippen molar-refractivity contribution in [3.05, 3.63) is 0 Å². The predicted molar refractivity (Wildman–Crippen MR) is 83.6 cm³/mol. The summed E-state index contributed by atoms with van der Waals surface area (Å²) in [5.41, 5.74) is 0. The maximum atomic E-state index is 12.6. The van der Waals surface area contributed by atoms with Crippen LogP contribution in [0.25, 0.3) is 0 Å². The second kappa shape index (κ2) is 6.49. The number of carboxylic acid groups (broad SMARTS) is 1. The van der Waals surface area contributed by atoms with Crippen molar-refractivity contribution in [3.63, 3.8) is 0 Å². The van der Waals surface area contributed by atoms with Crippen molar-refractivity contribution in [2.75, 3.05) is 19.6 Å². The maximum absolute atomic E-state index is 12.6. The molecule has 0 aromatic rings. The van der Waals surface area contributed by atoms with Gasteiger partial charge in [-0.05, 0) is 38.0 Å². The quantitative estimate of drug-likeness (QED) is 0.851. The molecule has 2 atom stereocenters. The second-order valence-electron chi connectivity index (χ2n) is 7.47. The fourth-order valence-electron chi connectivity index (χ4n) is 4.22. The molecule has 128 valence electrons. The number of rotatable bonds is 3. The van der Waals surface area contributed by atoms with Crippen LogP contribution in [0.4, 0.5) is 0 Å². The van der Waals surface area contributed by atoms with Crippen molar-refractivity contribution in [3.8, 4) is 0 Å². The van der Waals surface area contributed by atoms with Crippen molar-refractivity contribution in [2.45, 2.75) is 51.5 Å². The van der Waals surface area contributed by atoms with Crippen LogP contribution in [0.2, 0.25) is 0 Å². The summed E-state index contributed by atoms with van der Waals surface area (Å²) in [4.78, 5) is 39.5. The molecule has 2 saturated heterocycles. The molecular formula is C17H26N2O4. The summed E-state index contributed by atoms with van der Waals surface area (Å²) in [6.07, 6.45) is 5.20. The second-order valence-corrected chi connectivity index (χ2v) is 7.47. The van der Waals surface area contributed by atoms with Gasteiger partial charge < -0.3 is 14.9 Å². The lowest BCUT2D eigenvalue weighted by Gasteiger charge is -2.33. The average molecular weight is 322 g/mol. The molecule has 3 rings (SSSR count). The molecule has 0 aromatic heterocycles. The summed E-state index contributed by atoms with van der Waals surface area (Å²) in [6.45, 7) is 3.56. The monoisotopic (exact) mass is 322 g/mol. The van der Waals surface area contributed by atoms with Gasteiger partial charge in [0.25, 0.3) is 0 Å². The molecule has 0 bridgehead atoms. The van der Waals surface area contributed by atoms with E-state index in [-0.39, 0.29) is 17.7 Å². The number of carbonyl (C=O) groups excluding carboxylic acids is 2. The molecule has 1 N–H and O–H groups in total. The molecule has 3 aliphatic rings. The van der Waals surface area contributed by atoms with Crippen molar-refractivity contribution < 1.29 is 19.5 Å². The molecular weight excluding hydrogens is 296 g/mol. The maximum Gasteiger partial charge on any atom is 0.308 e. The first-order chi connectivity index (χ1) is 11.0. The Morgan fingerprint density at radius 1 is 1.04 bits per heavy atom. The number of nitrogens with zero attached hydrogens (tertiary/aromatic N) is 2. The lowest BCUT2D eigenvalue weighted by molar-refractivity contribution is -0.141. The third kappa shape index (κ3) is 3.35. The summed E-state index contributed by atoms with van der Waals surface area (Å²) in [5, 5.41) is 9.05. The summed E-state index contributed by atoms with van der Waals surface area (Å²) < 4.78 is 0. The zero-order valence-electron chi connectivity index (χ0n) is 13.7. The zero-order chi connectivity index (χ0) is 16.6. The molecule has 0 radical (unpaired) electrons. The minimum absolute atomic E-state index is 0.0335. The van der Waals surface area contributed by atoms with Crippen LogP contribution in [0, 0.1) is 17.8 Å². The molecule has 23 heavy (non-hydrogen) atoms. The zero-order valence-corrected chi connectivity index (χ0v) is 13.7. The molecule has 3 fully saturated rings. The number of amides is 2. The first-order valence-electron chi connectivity index (χ1n) is 8.76. The van der Waals surface area contributed by atoms with Crippen molar-refractivity contribution in [1.29, 1.82) is 0 Å². The molecule has 0 aromatic carbocycles. The molecule has 2 aliphatic heterocycles. The van der Waals surface area contributed by atoms with Crippen LogP contribution in [0.15, 0.2) is 0 Å². The largest absolute Gasteiger partial charge is 0.481 e. The highest BCUT2D eigenvalue weighted by atomic mass is 16.4. The Balaban J connectivity index is 1.57. The predicted octanol–water partition coefficient (Wildman–Crippen LogP) is 1.35. The minimum Gasteiger partial charge on any atom is -0.481 e.